The van der Waals surface area contributed by atoms with E-state index in [9.17, 15) is 14.9 Å². The molecule has 0 amide bonds. The van der Waals surface area contributed by atoms with E-state index >= 15 is 0 Å². The van der Waals surface area contributed by atoms with Crippen LogP contribution in [0.1, 0.15) is 24.2 Å². The summed E-state index contributed by atoms with van der Waals surface area (Å²) in [7, 11) is 0. The number of hydrogen-bond acceptors (Lipinski definition) is 4. The number of benzene rings is 1. The van der Waals surface area contributed by atoms with Crippen LogP contribution in [0.3, 0.4) is 0 Å². The van der Waals surface area contributed by atoms with Gasteiger partial charge >= 0.3 is 5.97 Å². The molecule has 0 aliphatic heterocycles. The lowest BCUT2D eigenvalue weighted by Gasteiger charge is -2.08. The van der Waals surface area contributed by atoms with Gasteiger partial charge in [0.05, 0.1) is 4.92 Å². The summed E-state index contributed by atoms with van der Waals surface area (Å²) in [5.41, 5.74) is -0.279. The molecule has 5 nitrogen and oxygen atoms in total. The van der Waals surface area contributed by atoms with Crippen LogP contribution in [0.5, 0.6) is 0 Å². The monoisotopic (exact) mass is 235 g/mol. The van der Waals surface area contributed by atoms with Gasteiger partial charge in [0.1, 0.15) is 11.7 Å². The predicted molar refractivity (Wildman–Crippen MR) is 62.8 cm³/mol. The molecule has 1 aromatic carbocycles. The Morgan fingerprint density at radius 2 is 2.12 bits per heavy atom. The standard InChI is InChI=1S/C12H13NO4/c1-3-6-9(2)17-12(14)10-7-4-5-8-11(10)13(15)16/h3-9H,1-2H3/b6-3+/t9-/m1/s1. The van der Waals surface area contributed by atoms with E-state index in [1.54, 1.807) is 32.1 Å². The van der Waals surface area contributed by atoms with E-state index in [4.69, 9.17) is 4.74 Å². The van der Waals surface area contributed by atoms with E-state index in [-0.39, 0.29) is 11.3 Å². The average Bonchev–Trinajstić information content (AvgIpc) is 2.29. The molecular formula is C12H13NO4. The first kappa shape index (κ1) is 12.9. The van der Waals surface area contributed by atoms with Crippen molar-refractivity contribution in [1.82, 2.24) is 0 Å². The number of rotatable bonds is 4. The zero-order chi connectivity index (χ0) is 12.8. The lowest BCUT2D eigenvalue weighted by molar-refractivity contribution is -0.385. The Morgan fingerprint density at radius 1 is 1.47 bits per heavy atom. The Kier molecular flexibility index (Phi) is 4.39. The lowest BCUT2D eigenvalue weighted by Crippen LogP contribution is -2.14. The van der Waals surface area contributed by atoms with E-state index in [0.29, 0.717) is 0 Å². The molecular weight excluding hydrogens is 222 g/mol. The van der Waals surface area contributed by atoms with Crippen LogP contribution in [-0.2, 0) is 4.74 Å². The molecule has 0 radical (unpaired) electrons. The van der Waals surface area contributed by atoms with Crippen LogP contribution in [0.2, 0.25) is 0 Å². The van der Waals surface area contributed by atoms with Gasteiger partial charge in [-0.2, -0.15) is 0 Å². The molecule has 5 heteroatoms. The van der Waals surface area contributed by atoms with Gasteiger partial charge in [-0.15, -0.1) is 0 Å². The zero-order valence-electron chi connectivity index (χ0n) is 9.62. The van der Waals surface area contributed by atoms with Crippen molar-refractivity contribution in [3.8, 4) is 0 Å². The molecule has 90 valence electrons. The van der Waals surface area contributed by atoms with Gasteiger partial charge in [0.15, 0.2) is 0 Å². The van der Waals surface area contributed by atoms with E-state index in [0.717, 1.165) is 0 Å². The van der Waals surface area contributed by atoms with Crippen LogP contribution in [-0.4, -0.2) is 17.0 Å². The third-order valence-electron chi connectivity index (χ3n) is 2.08. The summed E-state index contributed by atoms with van der Waals surface area (Å²) in [5, 5.41) is 10.7. The molecule has 1 atom stereocenters. The number of para-hydroxylation sites is 1. The fraction of sp³-hybridized carbons (Fsp3) is 0.250. The van der Waals surface area contributed by atoms with Crippen LogP contribution in [0.4, 0.5) is 5.69 Å². The topological polar surface area (TPSA) is 69.4 Å². The summed E-state index contributed by atoms with van der Waals surface area (Å²) < 4.78 is 5.04. The van der Waals surface area contributed by atoms with E-state index in [2.05, 4.69) is 0 Å². The largest absolute Gasteiger partial charge is 0.455 e. The molecule has 0 heterocycles. The number of nitrogens with zero attached hydrogens (tertiary/aromatic N) is 1. The SMILES string of the molecule is C/C=C/[C@@H](C)OC(=O)c1ccccc1[N+](=O)[O-]. The summed E-state index contributed by atoms with van der Waals surface area (Å²) in [6.45, 7) is 3.49. The third kappa shape index (κ3) is 3.41. The molecule has 0 bridgehead atoms. The Balaban J connectivity index is 2.93. The molecule has 1 aromatic rings. The van der Waals surface area contributed by atoms with Gasteiger partial charge < -0.3 is 4.74 Å². The molecule has 0 saturated carbocycles. The summed E-state index contributed by atoms with van der Waals surface area (Å²) >= 11 is 0. The van der Waals surface area contributed by atoms with Crippen molar-refractivity contribution in [2.24, 2.45) is 0 Å². The van der Waals surface area contributed by atoms with Gasteiger partial charge in [0.25, 0.3) is 5.69 Å². The summed E-state index contributed by atoms with van der Waals surface area (Å²) in [4.78, 5) is 21.8. The first-order chi connectivity index (χ1) is 8.06. The Labute approximate surface area is 98.9 Å². The number of allylic oxidation sites excluding steroid dienone is 1. The zero-order valence-corrected chi connectivity index (χ0v) is 9.62. The first-order valence-corrected chi connectivity index (χ1v) is 5.13. The fourth-order valence-corrected chi connectivity index (χ4v) is 1.35. The minimum Gasteiger partial charge on any atom is -0.455 e. The van der Waals surface area contributed by atoms with Crippen molar-refractivity contribution in [3.63, 3.8) is 0 Å². The fourth-order valence-electron chi connectivity index (χ4n) is 1.35. The maximum atomic E-state index is 11.7. The number of ether oxygens (including phenoxy) is 1. The van der Waals surface area contributed by atoms with Crippen molar-refractivity contribution in [3.05, 3.63) is 52.1 Å². The molecule has 0 saturated heterocycles. The van der Waals surface area contributed by atoms with Crippen LogP contribution in [0, 0.1) is 10.1 Å². The van der Waals surface area contributed by atoms with Gasteiger partial charge in [-0.1, -0.05) is 18.2 Å². The summed E-state index contributed by atoms with van der Waals surface area (Å²) in [6.07, 6.45) is 3.02. The highest BCUT2D eigenvalue weighted by molar-refractivity contribution is 5.94. The number of nitro groups is 1. The number of esters is 1. The highest BCUT2D eigenvalue weighted by atomic mass is 16.6. The minimum absolute atomic E-state index is 0.0335. The molecule has 0 unspecified atom stereocenters. The van der Waals surface area contributed by atoms with Crippen LogP contribution >= 0.6 is 0 Å². The highest BCUT2D eigenvalue weighted by Crippen LogP contribution is 2.19. The maximum Gasteiger partial charge on any atom is 0.345 e. The molecule has 1 rings (SSSR count). The number of hydrogen-bond donors (Lipinski definition) is 0. The molecule has 0 aliphatic carbocycles. The van der Waals surface area contributed by atoms with E-state index < -0.39 is 17.0 Å². The second-order valence-corrected chi connectivity index (χ2v) is 3.41. The van der Waals surface area contributed by atoms with Crippen molar-refractivity contribution < 1.29 is 14.5 Å². The smallest absolute Gasteiger partial charge is 0.345 e. The number of carbonyl (C=O) groups is 1. The van der Waals surface area contributed by atoms with Gasteiger partial charge in [0.2, 0.25) is 0 Å². The van der Waals surface area contributed by atoms with E-state index in [1.807, 2.05) is 0 Å². The second-order valence-electron chi connectivity index (χ2n) is 3.41. The molecule has 0 spiro atoms. The number of nitro benzene ring substituents is 1. The third-order valence-corrected chi connectivity index (χ3v) is 2.08. The van der Waals surface area contributed by atoms with Crippen LogP contribution < -0.4 is 0 Å². The van der Waals surface area contributed by atoms with Crippen molar-refractivity contribution in [1.29, 1.82) is 0 Å². The summed E-state index contributed by atoms with van der Waals surface area (Å²) in [6, 6.07) is 5.72. The first-order valence-electron chi connectivity index (χ1n) is 5.13. The van der Waals surface area contributed by atoms with Gasteiger partial charge in [-0.3, -0.25) is 10.1 Å². The highest BCUT2D eigenvalue weighted by Gasteiger charge is 2.21. The van der Waals surface area contributed by atoms with Crippen molar-refractivity contribution >= 4 is 11.7 Å². The Bertz CT molecular complexity index is 454. The van der Waals surface area contributed by atoms with Crippen molar-refractivity contribution in [2.45, 2.75) is 20.0 Å². The molecule has 0 fully saturated rings. The van der Waals surface area contributed by atoms with Crippen LogP contribution in [0.15, 0.2) is 36.4 Å². The average molecular weight is 235 g/mol. The van der Waals surface area contributed by atoms with Gasteiger partial charge in [-0.05, 0) is 26.0 Å². The quantitative estimate of drug-likeness (QED) is 0.348. The Hall–Kier alpha value is -2.17. The predicted octanol–water partition coefficient (Wildman–Crippen LogP) is 2.72. The summed E-state index contributed by atoms with van der Waals surface area (Å²) in [5.74, 6) is -0.692. The molecule has 0 aromatic heterocycles. The van der Waals surface area contributed by atoms with Gasteiger partial charge in [0, 0.05) is 6.07 Å². The Morgan fingerprint density at radius 3 is 2.71 bits per heavy atom. The molecule has 0 aliphatic rings. The minimum atomic E-state index is -0.692. The van der Waals surface area contributed by atoms with Crippen LogP contribution in [0.25, 0.3) is 0 Å². The van der Waals surface area contributed by atoms with Crippen molar-refractivity contribution in [2.75, 3.05) is 0 Å². The lowest BCUT2D eigenvalue weighted by atomic mass is 10.2. The second kappa shape index (κ2) is 5.79. The molecule has 17 heavy (non-hydrogen) atoms. The van der Waals surface area contributed by atoms with Gasteiger partial charge in [-0.25, -0.2) is 4.79 Å². The number of carbonyl (C=O) groups excluding carboxylic acids is 1. The van der Waals surface area contributed by atoms with E-state index in [1.165, 1.54) is 18.2 Å². The molecule has 0 N–H and O–H groups in total. The maximum absolute atomic E-state index is 11.7. The normalized spacial score (nSPS) is 12.4.